The van der Waals surface area contributed by atoms with Crippen LogP contribution in [0, 0.1) is 11.7 Å². The van der Waals surface area contributed by atoms with Crippen LogP contribution in [0.1, 0.15) is 25.7 Å². The molecule has 32 heavy (non-hydrogen) atoms. The van der Waals surface area contributed by atoms with Crippen LogP contribution in [0.25, 0.3) is 11.4 Å². The van der Waals surface area contributed by atoms with Gasteiger partial charge in [-0.15, -0.1) is 0 Å². The van der Waals surface area contributed by atoms with E-state index in [-0.39, 0.29) is 23.7 Å². The van der Waals surface area contributed by atoms with Gasteiger partial charge in [-0.25, -0.2) is 9.18 Å². The molecule has 2 aromatic rings. The van der Waals surface area contributed by atoms with E-state index in [1.165, 1.54) is 12.1 Å². The first kappa shape index (κ1) is 22.2. The Balaban J connectivity index is 1.23. The van der Waals surface area contributed by atoms with E-state index in [1.54, 1.807) is 24.0 Å². The van der Waals surface area contributed by atoms with E-state index in [2.05, 4.69) is 15.0 Å². The highest BCUT2D eigenvalue weighted by Gasteiger charge is 2.32. The molecule has 3 heterocycles. The Morgan fingerprint density at radius 1 is 1.06 bits per heavy atom. The fourth-order valence-electron chi connectivity index (χ4n) is 4.15. The second-order valence-corrected chi connectivity index (χ2v) is 8.08. The van der Waals surface area contributed by atoms with Crippen LogP contribution in [-0.4, -0.2) is 82.7 Å². The normalized spacial score (nSPS) is 18.1. The minimum absolute atomic E-state index is 0.00199. The van der Waals surface area contributed by atoms with Crippen LogP contribution in [0.5, 0.6) is 0 Å². The van der Waals surface area contributed by atoms with E-state index in [0.29, 0.717) is 56.6 Å². The lowest BCUT2D eigenvalue weighted by molar-refractivity contribution is -0.138. The van der Waals surface area contributed by atoms with Gasteiger partial charge in [-0.05, 0) is 57.1 Å². The number of carbonyl (C=O) groups is 2. The Hall–Kier alpha value is -3.01. The SMILES string of the molecule is CCOC(=O)N1CCN(C(=O)C2CCN(Cc3nc(-c4ccc(F)cc4)no3)CC2)CC1. The molecule has 2 amide bonds. The summed E-state index contributed by atoms with van der Waals surface area (Å²) in [5, 5.41) is 3.98. The van der Waals surface area contributed by atoms with E-state index < -0.39 is 0 Å². The topological polar surface area (TPSA) is 92.0 Å². The third-order valence-electron chi connectivity index (χ3n) is 5.98. The Bertz CT molecular complexity index is 919. The summed E-state index contributed by atoms with van der Waals surface area (Å²) in [6, 6.07) is 5.97. The van der Waals surface area contributed by atoms with Crippen molar-refractivity contribution in [3.05, 3.63) is 36.0 Å². The van der Waals surface area contributed by atoms with E-state index in [0.717, 1.165) is 25.9 Å². The van der Waals surface area contributed by atoms with Gasteiger partial charge in [0.15, 0.2) is 0 Å². The molecule has 4 rings (SSSR count). The fraction of sp³-hybridized carbons (Fsp3) is 0.545. The number of hydrogen-bond acceptors (Lipinski definition) is 7. The van der Waals surface area contributed by atoms with Crippen molar-refractivity contribution in [3.63, 3.8) is 0 Å². The van der Waals surface area contributed by atoms with Crippen LogP contribution in [0.3, 0.4) is 0 Å². The lowest BCUT2D eigenvalue weighted by Crippen LogP contribution is -2.53. The molecule has 0 N–H and O–H groups in total. The summed E-state index contributed by atoms with van der Waals surface area (Å²) < 4.78 is 23.5. The van der Waals surface area contributed by atoms with Crippen molar-refractivity contribution < 1.29 is 23.2 Å². The van der Waals surface area contributed by atoms with E-state index in [9.17, 15) is 14.0 Å². The maximum absolute atomic E-state index is 13.1. The molecular weight excluding hydrogens is 417 g/mol. The van der Waals surface area contributed by atoms with Gasteiger partial charge in [0, 0.05) is 37.7 Å². The molecule has 1 aromatic carbocycles. The molecule has 0 saturated carbocycles. The molecule has 2 saturated heterocycles. The molecule has 2 aliphatic heterocycles. The quantitative estimate of drug-likeness (QED) is 0.698. The molecule has 0 spiro atoms. The van der Waals surface area contributed by atoms with Gasteiger partial charge < -0.3 is 19.1 Å². The van der Waals surface area contributed by atoms with Crippen molar-refractivity contribution in [2.45, 2.75) is 26.3 Å². The zero-order valence-electron chi connectivity index (χ0n) is 18.2. The predicted octanol–water partition coefficient (Wildman–Crippen LogP) is 2.39. The van der Waals surface area contributed by atoms with E-state index in [4.69, 9.17) is 9.26 Å². The van der Waals surface area contributed by atoms with Crippen molar-refractivity contribution in [3.8, 4) is 11.4 Å². The van der Waals surface area contributed by atoms with Gasteiger partial charge in [-0.1, -0.05) is 5.16 Å². The molecule has 2 fully saturated rings. The zero-order chi connectivity index (χ0) is 22.5. The maximum atomic E-state index is 13.1. The van der Waals surface area contributed by atoms with Gasteiger partial charge in [0.05, 0.1) is 13.2 Å². The first-order valence-electron chi connectivity index (χ1n) is 11.0. The summed E-state index contributed by atoms with van der Waals surface area (Å²) in [7, 11) is 0. The molecule has 1 aromatic heterocycles. The number of benzene rings is 1. The average molecular weight is 445 g/mol. The number of aromatic nitrogens is 2. The van der Waals surface area contributed by atoms with Crippen LogP contribution in [0.2, 0.25) is 0 Å². The van der Waals surface area contributed by atoms with Crippen molar-refractivity contribution >= 4 is 12.0 Å². The monoisotopic (exact) mass is 445 g/mol. The second-order valence-electron chi connectivity index (χ2n) is 8.08. The summed E-state index contributed by atoms with van der Waals surface area (Å²) in [6.07, 6.45) is 1.24. The van der Waals surface area contributed by atoms with Crippen molar-refractivity contribution in [1.29, 1.82) is 0 Å². The number of hydrogen-bond donors (Lipinski definition) is 0. The summed E-state index contributed by atoms with van der Waals surface area (Å²) in [4.78, 5) is 34.9. The molecule has 0 aliphatic carbocycles. The highest BCUT2D eigenvalue weighted by Crippen LogP contribution is 2.23. The molecule has 2 aliphatic rings. The molecule has 10 heteroatoms. The van der Waals surface area contributed by atoms with Crippen LogP contribution in [0.15, 0.2) is 28.8 Å². The number of amides is 2. The smallest absolute Gasteiger partial charge is 0.409 e. The van der Waals surface area contributed by atoms with Crippen LogP contribution >= 0.6 is 0 Å². The minimum atomic E-state index is -0.309. The standard InChI is InChI=1S/C22H28FN5O4/c1-2-31-22(30)28-13-11-27(12-14-28)21(29)17-7-9-26(10-8-17)15-19-24-20(25-32-19)16-3-5-18(23)6-4-16/h3-6,17H,2,7-15H2,1H3. The molecule has 0 bridgehead atoms. The lowest BCUT2D eigenvalue weighted by Gasteiger charge is -2.38. The number of rotatable bonds is 5. The zero-order valence-corrected chi connectivity index (χ0v) is 18.2. The number of carbonyl (C=O) groups excluding carboxylic acids is 2. The summed E-state index contributed by atoms with van der Waals surface area (Å²) in [5.74, 6) is 0.800. The fourth-order valence-corrected chi connectivity index (χ4v) is 4.15. The van der Waals surface area contributed by atoms with Crippen molar-refractivity contribution in [2.24, 2.45) is 5.92 Å². The average Bonchev–Trinajstić information content (AvgIpc) is 3.28. The second kappa shape index (κ2) is 10.1. The Labute approximate surface area is 186 Å². The Kier molecular flexibility index (Phi) is 6.99. The largest absolute Gasteiger partial charge is 0.450 e. The number of ether oxygens (including phenoxy) is 1. The van der Waals surface area contributed by atoms with Crippen LogP contribution in [0.4, 0.5) is 9.18 Å². The molecule has 9 nitrogen and oxygen atoms in total. The van der Waals surface area contributed by atoms with Gasteiger partial charge in [-0.3, -0.25) is 9.69 Å². The number of piperazine rings is 1. The highest BCUT2D eigenvalue weighted by molar-refractivity contribution is 5.79. The molecule has 0 unspecified atom stereocenters. The van der Waals surface area contributed by atoms with Crippen molar-refractivity contribution in [2.75, 3.05) is 45.9 Å². The van der Waals surface area contributed by atoms with Gasteiger partial charge in [-0.2, -0.15) is 4.98 Å². The third kappa shape index (κ3) is 5.24. The Morgan fingerprint density at radius 2 is 1.72 bits per heavy atom. The van der Waals surface area contributed by atoms with Crippen molar-refractivity contribution in [1.82, 2.24) is 24.8 Å². The third-order valence-corrected chi connectivity index (χ3v) is 5.98. The number of nitrogens with zero attached hydrogens (tertiary/aromatic N) is 5. The van der Waals surface area contributed by atoms with E-state index >= 15 is 0 Å². The molecular formula is C22H28FN5O4. The van der Waals surface area contributed by atoms with Gasteiger partial charge in [0.25, 0.3) is 0 Å². The van der Waals surface area contributed by atoms with Gasteiger partial charge in [0.2, 0.25) is 17.6 Å². The van der Waals surface area contributed by atoms with Crippen LogP contribution in [-0.2, 0) is 16.1 Å². The molecule has 0 atom stereocenters. The molecule has 172 valence electrons. The molecule has 0 radical (unpaired) electrons. The maximum Gasteiger partial charge on any atom is 0.409 e. The van der Waals surface area contributed by atoms with Gasteiger partial charge >= 0.3 is 6.09 Å². The Morgan fingerprint density at radius 3 is 2.38 bits per heavy atom. The first-order chi connectivity index (χ1) is 15.5. The van der Waals surface area contributed by atoms with E-state index in [1.807, 2.05) is 4.90 Å². The summed E-state index contributed by atoms with van der Waals surface area (Å²) in [5.41, 5.74) is 0.703. The first-order valence-corrected chi connectivity index (χ1v) is 11.0. The predicted molar refractivity (Wildman–Crippen MR) is 113 cm³/mol. The van der Waals surface area contributed by atoms with Crippen LogP contribution < -0.4 is 0 Å². The number of likely N-dealkylation sites (tertiary alicyclic amines) is 1. The number of halogens is 1. The highest BCUT2D eigenvalue weighted by atomic mass is 19.1. The minimum Gasteiger partial charge on any atom is -0.450 e. The van der Waals surface area contributed by atoms with Gasteiger partial charge in [0.1, 0.15) is 5.82 Å². The number of piperidine rings is 1. The summed E-state index contributed by atoms with van der Waals surface area (Å²) in [6.45, 7) is 6.32. The summed E-state index contributed by atoms with van der Waals surface area (Å²) >= 11 is 0. The lowest BCUT2D eigenvalue weighted by atomic mass is 9.95.